The van der Waals surface area contributed by atoms with Crippen LogP contribution in [-0.2, 0) is 0 Å². The molecule has 2 heterocycles. The standard InChI is InChI=1S/C13H21F2N/c1-12(2,3)9-13-5-4-6-16(13)8-10(7-13)11(14)15/h4-9H2,1-3H3. The van der Waals surface area contributed by atoms with Gasteiger partial charge in [0.2, 0.25) is 0 Å². The summed E-state index contributed by atoms with van der Waals surface area (Å²) in [4.78, 5) is 2.28. The van der Waals surface area contributed by atoms with Gasteiger partial charge in [0.1, 0.15) is 0 Å². The van der Waals surface area contributed by atoms with E-state index in [2.05, 4.69) is 25.7 Å². The summed E-state index contributed by atoms with van der Waals surface area (Å²) in [5.74, 6) is 0. The summed E-state index contributed by atoms with van der Waals surface area (Å²) >= 11 is 0. The van der Waals surface area contributed by atoms with E-state index >= 15 is 0 Å². The Kier molecular flexibility index (Phi) is 2.85. The SMILES string of the molecule is CC(C)(C)CC12CCCN1CC(=C(F)F)C2. The third kappa shape index (κ3) is 2.15. The van der Waals surface area contributed by atoms with Gasteiger partial charge in [0, 0.05) is 17.7 Å². The van der Waals surface area contributed by atoms with E-state index in [9.17, 15) is 8.78 Å². The van der Waals surface area contributed by atoms with Crippen LogP contribution in [0, 0.1) is 5.41 Å². The summed E-state index contributed by atoms with van der Waals surface area (Å²) < 4.78 is 25.4. The predicted octanol–water partition coefficient (Wildman–Crippen LogP) is 3.81. The van der Waals surface area contributed by atoms with E-state index in [-0.39, 0.29) is 11.0 Å². The van der Waals surface area contributed by atoms with Crippen molar-refractivity contribution in [2.75, 3.05) is 13.1 Å². The van der Waals surface area contributed by atoms with Crippen LogP contribution < -0.4 is 0 Å². The first-order valence-electron chi connectivity index (χ1n) is 6.11. The van der Waals surface area contributed by atoms with Crippen LogP contribution in [0.15, 0.2) is 11.7 Å². The maximum absolute atomic E-state index is 12.7. The molecule has 92 valence electrons. The Bertz CT molecular complexity index is 312. The number of hydrogen-bond donors (Lipinski definition) is 0. The Morgan fingerprint density at radius 2 is 2.06 bits per heavy atom. The number of hydrogen-bond acceptors (Lipinski definition) is 1. The average molecular weight is 229 g/mol. The van der Waals surface area contributed by atoms with E-state index in [1.165, 1.54) is 0 Å². The van der Waals surface area contributed by atoms with Gasteiger partial charge in [0.15, 0.2) is 0 Å². The summed E-state index contributed by atoms with van der Waals surface area (Å²) in [5, 5.41) is 0. The fraction of sp³-hybridized carbons (Fsp3) is 0.846. The zero-order valence-corrected chi connectivity index (χ0v) is 10.4. The lowest BCUT2D eigenvalue weighted by Crippen LogP contribution is -2.41. The van der Waals surface area contributed by atoms with Gasteiger partial charge in [-0.15, -0.1) is 0 Å². The van der Waals surface area contributed by atoms with Crippen LogP contribution in [0.2, 0.25) is 0 Å². The van der Waals surface area contributed by atoms with Crippen molar-refractivity contribution in [2.45, 2.75) is 52.0 Å². The van der Waals surface area contributed by atoms with Crippen molar-refractivity contribution in [3.05, 3.63) is 11.7 Å². The van der Waals surface area contributed by atoms with Crippen molar-refractivity contribution in [3.8, 4) is 0 Å². The molecule has 1 unspecified atom stereocenters. The highest BCUT2D eigenvalue weighted by Crippen LogP contribution is 2.48. The molecule has 0 spiro atoms. The molecule has 0 aromatic heterocycles. The Morgan fingerprint density at radius 3 is 2.62 bits per heavy atom. The molecule has 2 rings (SSSR count). The maximum Gasteiger partial charge on any atom is 0.270 e. The topological polar surface area (TPSA) is 3.24 Å². The van der Waals surface area contributed by atoms with Crippen molar-refractivity contribution in [2.24, 2.45) is 5.41 Å². The second kappa shape index (κ2) is 3.80. The van der Waals surface area contributed by atoms with E-state index in [1.807, 2.05) is 0 Å². The van der Waals surface area contributed by atoms with E-state index in [1.54, 1.807) is 0 Å². The monoisotopic (exact) mass is 229 g/mol. The lowest BCUT2D eigenvalue weighted by Gasteiger charge is -2.37. The third-order valence-corrected chi connectivity index (χ3v) is 3.79. The molecule has 1 atom stereocenters. The molecule has 0 aliphatic carbocycles. The van der Waals surface area contributed by atoms with Gasteiger partial charge in [-0.1, -0.05) is 20.8 Å². The molecule has 0 saturated carbocycles. The summed E-state index contributed by atoms with van der Waals surface area (Å²) in [6.45, 7) is 8.09. The van der Waals surface area contributed by atoms with Crippen molar-refractivity contribution >= 4 is 0 Å². The predicted molar refractivity (Wildman–Crippen MR) is 61.5 cm³/mol. The summed E-state index contributed by atoms with van der Waals surface area (Å²) in [5.41, 5.74) is 0.630. The van der Waals surface area contributed by atoms with Crippen molar-refractivity contribution in [1.82, 2.24) is 4.90 Å². The van der Waals surface area contributed by atoms with Gasteiger partial charge in [-0.05, 0) is 37.6 Å². The van der Waals surface area contributed by atoms with Crippen molar-refractivity contribution in [1.29, 1.82) is 0 Å². The molecule has 2 fully saturated rings. The number of halogens is 2. The van der Waals surface area contributed by atoms with Gasteiger partial charge < -0.3 is 0 Å². The molecule has 0 aromatic rings. The highest BCUT2D eigenvalue weighted by atomic mass is 19.3. The van der Waals surface area contributed by atoms with E-state index in [0.717, 1.165) is 25.8 Å². The quantitative estimate of drug-likeness (QED) is 0.661. The first-order valence-corrected chi connectivity index (χ1v) is 6.11. The molecule has 0 radical (unpaired) electrons. The van der Waals surface area contributed by atoms with Gasteiger partial charge in [0.05, 0.1) is 0 Å². The van der Waals surface area contributed by atoms with Crippen molar-refractivity contribution in [3.63, 3.8) is 0 Å². The largest absolute Gasteiger partial charge is 0.293 e. The number of rotatable bonds is 1. The first-order chi connectivity index (χ1) is 7.32. The second-order valence-corrected chi connectivity index (χ2v) is 6.53. The third-order valence-electron chi connectivity index (χ3n) is 3.79. The molecule has 1 nitrogen and oxygen atoms in total. The highest BCUT2D eigenvalue weighted by molar-refractivity contribution is 5.21. The number of nitrogens with zero attached hydrogens (tertiary/aromatic N) is 1. The fourth-order valence-corrected chi connectivity index (χ4v) is 3.50. The van der Waals surface area contributed by atoms with Gasteiger partial charge in [-0.3, -0.25) is 4.90 Å². The zero-order valence-electron chi connectivity index (χ0n) is 10.4. The molecule has 2 aliphatic heterocycles. The molecular weight excluding hydrogens is 208 g/mol. The molecular formula is C13H21F2N. The molecule has 0 bridgehead atoms. The molecule has 3 heteroatoms. The summed E-state index contributed by atoms with van der Waals surface area (Å²) in [6, 6.07) is 0. The minimum Gasteiger partial charge on any atom is -0.293 e. The Balaban J connectivity index is 2.21. The lowest BCUT2D eigenvalue weighted by atomic mass is 9.77. The van der Waals surface area contributed by atoms with E-state index in [4.69, 9.17) is 0 Å². The zero-order chi connectivity index (χ0) is 12.0. The molecule has 0 amide bonds. The minimum absolute atomic E-state index is 0.0387. The molecule has 2 saturated heterocycles. The normalized spacial score (nSPS) is 30.9. The van der Waals surface area contributed by atoms with Crippen LogP contribution in [0.1, 0.15) is 46.5 Å². The average Bonchev–Trinajstić information content (AvgIpc) is 2.55. The smallest absolute Gasteiger partial charge is 0.270 e. The van der Waals surface area contributed by atoms with Gasteiger partial charge in [0.25, 0.3) is 6.08 Å². The van der Waals surface area contributed by atoms with Gasteiger partial charge in [-0.25, -0.2) is 0 Å². The molecule has 16 heavy (non-hydrogen) atoms. The molecule has 0 N–H and O–H groups in total. The Labute approximate surface area is 96.5 Å². The van der Waals surface area contributed by atoms with Crippen LogP contribution in [0.5, 0.6) is 0 Å². The van der Waals surface area contributed by atoms with Crippen LogP contribution in [-0.4, -0.2) is 23.5 Å². The van der Waals surface area contributed by atoms with Crippen LogP contribution >= 0.6 is 0 Å². The summed E-state index contributed by atoms with van der Waals surface area (Å²) in [7, 11) is 0. The van der Waals surface area contributed by atoms with Crippen LogP contribution in [0.25, 0.3) is 0 Å². The second-order valence-electron chi connectivity index (χ2n) is 6.53. The Hall–Kier alpha value is -0.440. The lowest BCUT2D eigenvalue weighted by molar-refractivity contribution is 0.130. The summed E-state index contributed by atoms with van der Waals surface area (Å²) in [6.07, 6.45) is 2.42. The fourth-order valence-electron chi connectivity index (χ4n) is 3.50. The van der Waals surface area contributed by atoms with Crippen molar-refractivity contribution < 1.29 is 8.78 Å². The van der Waals surface area contributed by atoms with Gasteiger partial charge in [-0.2, -0.15) is 8.78 Å². The van der Waals surface area contributed by atoms with Gasteiger partial charge >= 0.3 is 0 Å². The highest BCUT2D eigenvalue weighted by Gasteiger charge is 2.48. The minimum atomic E-state index is -1.44. The molecule has 0 aromatic carbocycles. The Morgan fingerprint density at radius 1 is 1.38 bits per heavy atom. The molecule has 2 aliphatic rings. The van der Waals surface area contributed by atoms with Crippen LogP contribution in [0.3, 0.4) is 0 Å². The first kappa shape index (κ1) is 12.0. The van der Waals surface area contributed by atoms with Crippen LogP contribution in [0.4, 0.5) is 8.78 Å². The van der Waals surface area contributed by atoms with E-state index < -0.39 is 6.08 Å². The maximum atomic E-state index is 12.7. The van der Waals surface area contributed by atoms with E-state index in [0.29, 0.717) is 18.5 Å². The number of fused-ring (bicyclic) bond motifs is 1.